The Kier molecular flexibility index (Phi) is 2.18. The van der Waals surface area contributed by atoms with Crippen LogP contribution in [0.4, 0.5) is 10.1 Å². The number of anilines is 1. The van der Waals surface area contributed by atoms with Crippen LogP contribution in [-0.2, 0) is 6.54 Å². The molecule has 0 saturated carbocycles. The van der Waals surface area contributed by atoms with Gasteiger partial charge in [-0.25, -0.2) is 4.68 Å². The topological polar surface area (TPSA) is 43.8 Å². The smallest absolute Gasteiger partial charge is 0.234 e. The van der Waals surface area contributed by atoms with Gasteiger partial charge in [0.05, 0.1) is 12.7 Å². The second-order valence-corrected chi connectivity index (χ2v) is 3.03. The third kappa shape index (κ3) is 1.59. The van der Waals surface area contributed by atoms with Crippen molar-refractivity contribution in [1.82, 2.24) is 9.78 Å². The van der Waals surface area contributed by atoms with Crippen LogP contribution in [0.5, 0.6) is 0 Å². The molecule has 1 heterocycles. The summed E-state index contributed by atoms with van der Waals surface area (Å²) in [6, 6.07) is 9.55. The molecule has 1 aromatic carbocycles. The van der Waals surface area contributed by atoms with Crippen LogP contribution in [0, 0.1) is 5.95 Å². The Bertz CT molecular complexity index is 422. The highest BCUT2D eigenvalue weighted by molar-refractivity contribution is 5.33. The molecule has 0 bridgehead atoms. The van der Waals surface area contributed by atoms with Gasteiger partial charge >= 0.3 is 0 Å². The van der Waals surface area contributed by atoms with Gasteiger partial charge < -0.3 is 5.73 Å². The van der Waals surface area contributed by atoms with Gasteiger partial charge in [-0.1, -0.05) is 30.3 Å². The summed E-state index contributed by atoms with van der Waals surface area (Å²) in [6.45, 7) is 0.407. The van der Waals surface area contributed by atoms with Crippen molar-refractivity contribution in [2.45, 2.75) is 6.54 Å². The Hall–Kier alpha value is -1.84. The zero-order chi connectivity index (χ0) is 9.97. The molecule has 0 amide bonds. The molecule has 0 aliphatic heterocycles. The lowest BCUT2D eigenvalue weighted by Crippen LogP contribution is -2.04. The van der Waals surface area contributed by atoms with E-state index in [2.05, 4.69) is 5.10 Å². The van der Waals surface area contributed by atoms with Crippen molar-refractivity contribution < 1.29 is 4.39 Å². The van der Waals surface area contributed by atoms with Gasteiger partial charge in [0.1, 0.15) is 5.69 Å². The molecule has 0 atom stereocenters. The van der Waals surface area contributed by atoms with Crippen molar-refractivity contribution in [2.24, 2.45) is 0 Å². The second kappa shape index (κ2) is 3.49. The first-order valence-corrected chi connectivity index (χ1v) is 4.28. The number of hydrogen-bond acceptors (Lipinski definition) is 2. The normalized spacial score (nSPS) is 10.4. The van der Waals surface area contributed by atoms with Gasteiger partial charge in [-0.05, 0) is 5.56 Å². The van der Waals surface area contributed by atoms with Crippen LogP contribution in [0.2, 0.25) is 0 Å². The van der Waals surface area contributed by atoms with E-state index in [1.165, 1.54) is 10.9 Å². The minimum atomic E-state index is -0.478. The lowest BCUT2D eigenvalue weighted by atomic mass is 10.2. The lowest BCUT2D eigenvalue weighted by molar-refractivity contribution is 0.483. The summed E-state index contributed by atoms with van der Waals surface area (Å²) in [4.78, 5) is 0. The van der Waals surface area contributed by atoms with Crippen LogP contribution >= 0.6 is 0 Å². The molecule has 14 heavy (non-hydrogen) atoms. The van der Waals surface area contributed by atoms with Crippen LogP contribution in [-0.4, -0.2) is 9.78 Å². The average Bonchev–Trinajstić information content (AvgIpc) is 2.52. The zero-order valence-corrected chi connectivity index (χ0v) is 7.52. The molecule has 0 unspecified atom stereocenters. The highest BCUT2D eigenvalue weighted by atomic mass is 19.1. The van der Waals surface area contributed by atoms with Crippen molar-refractivity contribution in [3.05, 3.63) is 48.0 Å². The summed E-state index contributed by atoms with van der Waals surface area (Å²) in [5.41, 5.74) is 6.42. The van der Waals surface area contributed by atoms with Crippen molar-refractivity contribution in [3.63, 3.8) is 0 Å². The number of nitrogens with zero attached hydrogens (tertiary/aromatic N) is 2. The van der Waals surface area contributed by atoms with E-state index in [0.29, 0.717) is 6.54 Å². The van der Waals surface area contributed by atoms with Crippen LogP contribution in [0.1, 0.15) is 5.56 Å². The fourth-order valence-corrected chi connectivity index (χ4v) is 1.25. The molecular formula is C10H10FN3. The third-order valence-corrected chi connectivity index (χ3v) is 1.98. The minimum Gasteiger partial charge on any atom is -0.394 e. The first kappa shape index (κ1) is 8.74. The molecule has 2 aromatic rings. The lowest BCUT2D eigenvalue weighted by Gasteiger charge is -2.01. The molecule has 3 nitrogen and oxygen atoms in total. The van der Waals surface area contributed by atoms with E-state index >= 15 is 0 Å². The van der Waals surface area contributed by atoms with Crippen molar-refractivity contribution in [1.29, 1.82) is 0 Å². The number of hydrogen-bond donors (Lipinski definition) is 1. The van der Waals surface area contributed by atoms with E-state index in [1.54, 1.807) is 0 Å². The van der Waals surface area contributed by atoms with Crippen molar-refractivity contribution in [3.8, 4) is 0 Å². The van der Waals surface area contributed by atoms with Gasteiger partial charge in [0.15, 0.2) is 0 Å². The number of nitrogens with two attached hydrogens (primary N) is 1. The standard InChI is InChI=1S/C10H10FN3/c11-10-9(12)6-13-14(10)7-8-4-2-1-3-5-8/h1-6H,7,12H2. The Morgan fingerprint density at radius 1 is 1.29 bits per heavy atom. The Balaban J connectivity index is 2.23. The number of rotatable bonds is 2. The third-order valence-electron chi connectivity index (χ3n) is 1.98. The van der Waals surface area contributed by atoms with Gasteiger partial charge in [0.2, 0.25) is 5.95 Å². The summed E-state index contributed by atoms with van der Waals surface area (Å²) in [5.74, 6) is -0.478. The fraction of sp³-hybridized carbons (Fsp3) is 0.100. The maximum atomic E-state index is 13.2. The summed E-state index contributed by atoms with van der Waals surface area (Å²) in [6.07, 6.45) is 1.32. The Labute approximate surface area is 81.0 Å². The molecule has 0 spiro atoms. The molecule has 2 rings (SSSR count). The molecule has 0 saturated heterocycles. The van der Waals surface area contributed by atoms with Gasteiger partial charge in [-0.15, -0.1) is 0 Å². The second-order valence-electron chi connectivity index (χ2n) is 3.03. The number of aromatic nitrogens is 2. The SMILES string of the molecule is Nc1cnn(Cc2ccccc2)c1F. The Morgan fingerprint density at radius 2 is 2.00 bits per heavy atom. The van der Waals surface area contributed by atoms with E-state index in [-0.39, 0.29) is 5.69 Å². The highest BCUT2D eigenvalue weighted by Crippen LogP contribution is 2.10. The molecule has 1 aromatic heterocycles. The predicted molar refractivity (Wildman–Crippen MR) is 52.1 cm³/mol. The van der Waals surface area contributed by atoms with Gasteiger partial charge in [0, 0.05) is 0 Å². The quantitative estimate of drug-likeness (QED) is 0.784. The number of halogens is 1. The molecule has 0 radical (unpaired) electrons. The summed E-state index contributed by atoms with van der Waals surface area (Å²) < 4.78 is 14.5. The van der Waals surface area contributed by atoms with E-state index < -0.39 is 5.95 Å². The van der Waals surface area contributed by atoms with E-state index in [9.17, 15) is 4.39 Å². The monoisotopic (exact) mass is 191 g/mol. The van der Waals surface area contributed by atoms with Crippen LogP contribution in [0.25, 0.3) is 0 Å². The molecule has 0 fully saturated rings. The average molecular weight is 191 g/mol. The fourth-order valence-electron chi connectivity index (χ4n) is 1.25. The number of benzene rings is 1. The maximum Gasteiger partial charge on any atom is 0.234 e. The van der Waals surface area contributed by atoms with Crippen LogP contribution in [0.15, 0.2) is 36.5 Å². The zero-order valence-electron chi connectivity index (χ0n) is 7.52. The van der Waals surface area contributed by atoms with E-state index in [0.717, 1.165) is 5.56 Å². The predicted octanol–water partition coefficient (Wildman–Crippen LogP) is 1.65. The molecular weight excluding hydrogens is 181 g/mol. The highest BCUT2D eigenvalue weighted by Gasteiger charge is 2.06. The van der Waals surface area contributed by atoms with Gasteiger partial charge in [-0.3, -0.25) is 0 Å². The summed E-state index contributed by atoms with van der Waals surface area (Å²) >= 11 is 0. The van der Waals surface area contributed by atoms with E-state index in [4.69, 9.17) is 5.73 Å². The van der Waals surface area contributed by atoms with Crippen LogP contribution in [0.3, 0.4) is 0 Å². The maximum absolute atomic E-state index is 13.2. The molecule has 0 aliphatic carbocycles. The summed E-state index contributed by atoms with van der Waals surface area (Å²) in [7, 11) is 0. The number of nitrogen functional groups attached to an aromatic ring is 1. The van der Waals surface area contributed by atoms with Crippen LogP contribution < -0.4 is 5.73 Å². The molecule has 0 aliphatic rings. The minimum absolute atomic E-state index is 0.0842. The summed E-state index contributed by atoms with van der Waals surface area (Å²) in [5, 5.41) is 3.83. The van der Waals surface area contributed by atoms with Gasteiger partial charge in [0.25, 0.3) is 0 Å². The first-order chi connectivity index (χ1) is 6.77. The largest absolute Gasteiger partial charge is 0.394 e. The molecule has 72 valence electrons. The molecule has 4 heteroatoms. The van der Waals surface area contributed by atoms with E-state index in [1.807, 2.05) is 30.3 Å². The molecule has 2 N–H and O–H groups in total. The Morgan fingerprint density at radius 3 is 2.57 bits per heavy atom. The van der Waals surface area contributed by atoms with Crippen molar-refractivity contribution in [2.75, 3.05) is 5.73 Å². The van der Waals surface area contributed by atoms with Gasteiger partial charge in [-0.2, -0.15) is 9.49 Å². The first-order valence-electron chi connectivity index (χ1n) is 4.28. The van der Waals surface area contributed by atoms with Crippen molar-refractivity contribution >= 4 is 5.69 Å².